The van der Waals surface area contributed by atoms with E-state index in [0.717, 1.165) is 36.9 Å². The first-order valence-electron chi connectivity index (χ1n) is 10.7. The smallest absolute Gasteiger partial charge is 0.243 e. The van der Waals surface area contributed by atoms with Crippen molar-refractivity contribution in [1.82, 2.24) is 19.1 Å². The fourth-order valence-electron chi connectivity index (χ4n) is 4.53. The normalized spacial score (nSPS) is 18.3. The third kappa shape index (κ3) is 4.03. The topological polar surface area (TPSA) is 71.0 Å². The fraction of sp³-hybridized carbons (Fsp3) is 0.292. The van der Waals surface area contributed by atoms with Gasteiger partial charge in [-0.25, -0.2) is 8.42 Å². The van der Waals surface area contributed by atoms with Gasteiger partial charge in [0.2, 0.25) is 10.0 Å². The van der Waals surface area contributed by atoms with Crippen LogP contribution in [0.25, 0.3) is 22.0 Å². The quantitative estimate of drug-likeness (QED) is 0.502. The van der Waals surface area contributed by atoms with E-state index in [1.54, 1.807) is 28.6 Å². The van der Waals surface area contributed by atoms with Gasteiger partial charge in [-0.15, -0.1) is 0 Å². The maximum Gasteiger partial charge on any atom is 0.243 e. The monoisotopic (exact) mass is 434 g/mol. The van der Waals surface area contributed by atoms with Crippen molar-refractivity contribution in [2.75, 3.05) is 13.1 Å². The van der Waals surface area contributed by atoms with Crippen molar-refractivity contribution >= 4 is 20.9 Å². The lowest BCUT2D eigenvalue weighted by Gasteiger charge is -2.20. The molecule has 31 heavy (non-hydrogen) atoms. The van der Waals surface area contributed by atoms with Crippen LogP contribution in [0, 0.1) is 5.92 Å². The Morgan fingerprint density at radius 3 is 2.68 bits per heavy atom. The zero-order chi connectivity index (χ0) is 21.3. The number of fused-ring (bicyclic) bond motifs is 1. The number of aromatic nitrogens is 3. The van der Waals surface area contributed by atoms with Crippen molar-refractivity contribution < 1.29 is 8.42 Å². The molecule has 1 aliphatic rings. The van der Waals surface area contributed by atoms with Crippen LogP contribution in [0.1, 0.15) is 19.3 Å². The number of nitrogens with zero attached hydrogens (tertiary/aromatic N) is 3. The van der Waals surface area contributed by atoms with Crippen LogP contribution in [-0.4, -0.2) is 40.6 Å². The predicted octanol–water partition coefficient (Wildman–Crippen LogP) is 4.52. The summed E-state index contributed by atoms with van der Waals surface area (Å²) in [6.07, 6.45) is 8.68. The number of nitrogens with one attached hydrogen (secondary N) is 1. The Morgan fingerprint density at radius 1 is 1.00 bits per heavy atom. The number of hydrogen-bond donors (Lipinski definition) is 1. The number of H-pyrrole nitrogens is 1. The number of sulfonamides is 1. The molecule has 1 aliphatic heterocycles. The number of hydrogen-bond acceptors (Lipinski definition) is 3. The molecule has 1 fully saturated rings. The molecule has 0 radical (unpaired) electrons. The first kappa shape index (κ1) is 20.0. The van der Waals surface area contributed by atoms with Gasteiger partial charge in [-0.1, -0.05) is 24.3 Å². The molecule has 7 heteroatoms. The van der Waals surface area contributed by atoms with Crippen molar-refractivity contribution in [2.24, 2.45) is 5.92 Å². The largest absolute Gasteiger partial charge is 0.347 e. The van der Waals surface area contributed by atoms with E-state index >= 15 is 0 Å². The highest BCUT2D eigenvalue weighted by Gasteiger charge is 2.27. The van der Waals surface area contributed by atoms with E-state index < -0.39 is 10.0 Å². The summed E-state index contributed by atoms with van der Waals surface area (Å²) < 4.78 is 29.9. The highest BCUT2D eigenvalue weighted by molar-refractivity contribution is 7.89. The van der Waals surface area contributed by atoms with Gasteiger partial charge in [0.05, 0.1) is 11.1 Å². The van der Waals surface area contributed by atoms with E-state index in [0.29, 0.717) is 23.9 Å². The van der Waals surface area contributed by atoms with Crippen LogP contribution in [0.2, 0.25) is 0 Å². The van der Waals surface area contributed by atoms with Crippen LogP contribution < -0.4 is 0 Å². The lowest BCUT2D eigenvalue weighted by atomic mass is 10.0. The summed E-state index contributed by atoms with van der Waals surface area (Å²) in [4.78, 5) is 0.387. The molecule has 1 atom stereocenters. The van der Waals surface area contributed by atoms with E-state index in [1.807, 2.05) is 18.5 Å². The highest BCUT2D eigenvalue weighted by atomic mass is 32.2. The molecule has 2 aromatic carbocycles. The van der Waals surface area contributed by atoms with Gasteiger partial charge < -0.3 is 4.57 Å². The summed E-state index contributed by atoms with van der Waals surface area (Å²) in [7, 11) is -3.41. The molecule has 0 aliphatic carbocycles. The summed E-state index contributed by atoms with van der Waals surface area (Å²) >= 11 is 0. The molecule has 0 amide bonds. The molecule has 1 unspecified atom stereocenters. The van der Waals surface area contributed by atoms with Crippen LogP contribution in [0.4, 0.5) is 0 Å². The molecule has 6 nitrogen and oxygen atoms in total. The van der Waals surface area contributed by atoms with Crippen molar-refractivity contribution in [3.8, 4) is 11.1 Å². The van der Waals surface area contributed by atoms with Crippen LogP contribution >= 0.6 is 0 Å². The Kier molecular flexibility index (Phi) is 5.38. The van der Waals surface area contributed by atoms with Gasteiger partial charge in [0.15, 0.2) is 0 Å². The van der Waals surface area contributed by atoms with Crippen molar-refractivity contribution in [1.29, 1.82) is 0 Å². The lowest BCUT2D eigenvalue weighted by Crippen LogP contribution is -2.32. The molecule has 0 saturated carbocycles. The Balaban J connectivity index is 1.30. The van der Waals surface area contributed by atoms with Gasteiger partial charge in [-0.3, -0.25) is 5.10 Å². The maximum atomic E-state index is 13.0. The molecule has 1 N–H and O–H groups in total. The lowest BCUT2D eigenvalue weighted by molar-refractivity contribution is 0.388. The first-order chi connectivity index (χ1) is 15.1. The van der Waals surface area contributed by atoms with Crippen molar-refractivity contribution in [3.63, 3.8) is 0 Å². The Labute approximate surface area is 182 Å². The second-order valence-electron chi connectivity index (χ2n) is 8.24. The van der Waals surface area contributed by atoms with Crippen molar-refractivity contribution in [2.45, 2.75) is 30.7 Å². The number of rotatable bonds is 5. The maximum absolute atomic E-state index is 13.0. The predicted molar refractivity (Wildman–Crippen MR) is 122 cm³/mol. The molecule has 5 rings (SSSR count). The summed E-state index contributed by atoms with van der Waals surface area (Å²) in [6, 6.07) is 17.4. The Hall–Kier alpha value is -2.90. The van der Waals surface area contributed by atoms with Gasteiger partial charge in [-0.2, -0.15) is 9.40 Å². The molecular formula is C24H26N4O2S. The summed E-state index contributed by atoms with van der Waals surface area (Å²) in [5, 5.41) is 8.11. The molecule has 4 aromatic rings. The molecule has 160 valence electrons. The standard InChI is InChI=1S/C24H26N4O2S/c29-31(30,23-6-2-1-3-7-23)28-12-4-5-19(10-14-28)18-27-13-11-21-15-20(8-9-24(21)27)22-16-25-26-17-22/h1-3,6-9,11,13,15-17,19H,4-5,10,12,14,18H2,(H,25,26). The van der Waals surface area contributed by atoms with Gasteiger partial charge in [-0.05, 0) is 61.1 Å². The number of aromatic amines is 1. The minimum absolute atomic E-state index is 0.387. The summed E-state index contributed by atoms with van der Waals surface area (Å²) in [5.74, 6) is 0.458. The zero-order valence-electron chi connectivity index (χ0n) is 17.3. The van der Waals surface area contributed by atoms with Crippen LogP contribution in [0.15, 0.2) is 78.1 Å². The second kappa shape index (κ2) is 8.32. The molecule has 0 spiro atoms. The third-order valence-corrected chi connectivity index (χ3v) is 8.16. The third-order valence-electron chi connectivity index (χ3n) is 6.25. The average molecular weight is 435 g/mol. The van der Waals surface area contributed by atoms with Gasteiger partial charge in [0, 0.05) is 48.5 Å². The van der Waals surface area contributed by atoms with Gasteiger partial charge in [0.1, 0.15) is 0 Å². The highest BCUT2D eigenvalue weighted by Crippen LogP contribution is 2.28. The molecular weight excluding hydrogens is 408 g/mol. The zero-order valence-corrected chi connectivity index (χ0v) is 18.1. The Morgan fingerprint density at radius 2 is 1.87 bits per heavy atom. The van der Waals surface area contributed by atoms with Gasteiger partial charge >= 0.3 is 0 Å². The van der Waals surface area contributed by atoms with E-state index in [-0.39, 0.29) is 0 Å². The van der Waals surface area contributed by atoms with E-state index in [1.165, 1.54) is 10.9 Å². The van der Waals surface area contributed by atoms with Crippen LogP contribution in [0.3, 0.4) is 0 Å². The minimum atomic E-state index is -3.41. The fourth-order valence-corrected chi connectivity index (χ4v) is 6.04. The van der Waals surface area contributed by atoms with Gasteiger partial charge in [0.25, 0.3) is 0 Å². The first-order valence-corrected chi connectivity index (χ1v) is 12.2. The minimum Gasteiger partial charge on any atom is -0.347 e. The molecule has 1 saturated heterocycles. The average Bonchev–Trinajstić information content (AvgIpc) is 3.40. The van der Waals surface area contributed by atoms with Crippen LogP contribution in [-0.2, 0) is 16.6 Å². The molecule has 0 bridgehead atoms. The second-order valence-corrected chi connectivity index (χ2v) is 10.2. The van der Waals surface area contributed by atoms with Crippen molar-refractivity contribution in [3.05, 3.63) is 73.2 Å². The summed E-state index contributed by atoms with van der Waals surface area (Å²) in [5.41, 5.74) is 3.44. The summed E-state index contributed by atoms with van der Waals surface area (Å²) in [6.45, 7) is 2.08. The van der Waals surface area contributed by atoms with E-state index in [9.17, 15) is 8.42 Å². The Bertz CT molecular complexity index is 1260. The van der Waals surface area contributed by atoms with E-state index in [4.69, 9.17) is 0 Å². The molecule has 2 aromatic heterocycles. The van der Waals surface area contributed by atoms with E-state index in [2.05, 4.69) is 45.2 Å². The SMILES string of the molecule is O=S(=O)(c1ccccc1)N1CCCC(Cn2ccc3cc(-c4cn[nH]c4)ccc32)CC1. The number of benzene rings is 2. The van der Waals surface area contributed by atoms with Crippen LogP contribution in [0.5, 0.6) is 0 Å². The molecule has 3 heterocycles.